The number of fused-ring (bicyclic) bond motifs is 1. The first-order valence-corrected chi connectivity index (χ1v) is 11.6. The molecule has 5 heteroatoms. The lowest BCUT2D eigenvalue weighted by Crippen LogP contribution is -2.58. The maximum atomic E-state index is 13.2. The van der Waals surface area contributed by atoms with E-state index in [-0.39, 0.29) is 34.6 Å². The van der Waals surface area contributed by atoms with Gasteiger partial charge in [-0.3, -0.25) is 0 Å². The molecule has 2 fully saturated rings. The average Bonchev–Trinajstić information content (AvgIpc) is 3.17. The summed E-state index contributed by atoms with van der Waals surface area (Å²) in [6.45, 7) is 10.6. The third-order valence-corrected chi connectivity index (χ3v) is 8.18. The van der Waals surface area contributed by atoms with Crippen molar-refractivity contribution in [3.63, 3.8) is 0 Å². The first kappa shape index (κ1) is 22.9. The smallest absolute Gasteiger partial charge is 0.338 e. The Kier molecular flexibility index (Phi) is 6.42. The zero-order valence-electron chi connectivity index (χ0n) is 19.1. The molecule has 4 rings (SSSR count). The number of nitrogens with one attached hydrogen (secondary N) is 1. The van der Waals surface area contributed by atoms with E-state index in [2.05, 4.69) is 31.8 Å². The number of allylic oxidation sites excluding steroid dienone is 2. The summed E-state index contributed by atoms with van der Waals surface area (Å²) in [4.78, 5) is 11.9. The number of cyclic esters (lactones) is 1. The number of hydrogen-bond donors (Lipinski definition) is 2. The largest absolute Gasteiger partial charge is 0.458 e. The van der Waals surface area contributed by atoms with Crippen molar-refractivity contribution in [2.45, 2.75) is 52.2 Å². The van der Waals surface area contributed by atoms with E-state index in [4.69, 9.17) is 4.74 Å². The summed E-state index contributed by atoms with van der Waals surface area (Å²) in [6, 6.07) is 6.54. The van der Waals surface area contributed by atoms with Crippen LogP contribution in [0.4, 0.5) is 4.39 Å². The molecule has 0 saturated heterocycles. The summed E-state index contributed by atoms with van der Waals surface area (Å²) in [5, 5.41) is 14.6. The molecule has 2 aliphatic carbocycles. The highest BCUT2D eigenvalue weighted by molar-refractivity contribution is 5.93. The number of carbonyl (C=O) groups is 1. The maximum absolute atomic E-state index is 13.2. The third kappa shape index (κ3) is 4.20. The quantitative estimate of drug-likeness (QED) is 0.498. The molecule has 0 spiro atoms. The Hall–Kier alpha value is -2.24. The second kappa shape index (κ2) is 8.95. The Balaban J connectivity index is 1.52. The lowest BCUT2D eigenvalue weighted by atomic mass is 9.46. The lowest BCUT2D eigenvalue weighted by Gasteiger charge is -2.60. The van der Waals surface area contributed by atoms with Gasteiger partial charge in [0.1, 0.15) is 12.4 Å². The predicted octanol–water partition coefficient (Wildman–Crippen LogP) is 4.70. The molecule has 2 saturated carbocycles. The molecule has 4 nitrogen and oxygen atoms in total. The van der Waals surface area contributed by atoms with Gasteiger partial charge in [0.25, 0.3) is 0 Å². The van der Waals surface area contributed by atoms with Crippen molar-refractivity contribution in [1.82, 2.24) is 5.32 Å². The van der Waals surface area contributed by atoms with Crippen molar-refractivity contribution in [3.8, 4) is 0 Å². The normalized spacial score (nSPS) is 35.0. The number of hydrogen-bond acceptors (Lipinski definition) is 4. The highest BCUT2D eigenvalue weighted by Gasteiger charge is 2.57. The molecule has 1 aromatic carbocycles. The number of halogens is 1. The topological polar surface area (TPSA) is 58.6 Å². The van der Waals surface area contributed by atoms with E-state index in [1.54, 1.807) is 12.1 Å². The van der Waals surface area contributed by atoms with Crippen LogP contribution in [-0.2, 0) is 16.1 Å². The number of benzene rings is 1. The van der Waals surface area contributed by atoms with Crippen LogP contribution in [0.25, 0.3) is 0 Å². The summed E-state index contributed by atoms with van der Waals surface area (Å²) < 4.78 is 18.2. The van der Waals surface area contributed by atoms with E-state index >= 15 is 0 Å². The average molecular weight is 440 g/mol. The monoisotopic (exact) mass is 439 g/mol. The molecule has 172 valence electrons. The zero-order chi connectivity index (χ0) is 22.9. The molecule has 0 aromatic heterocycles. The number of esters is 1. The van der Waals surface area contributed by atoms with Crippen LogP contribution in [0.1, 0.15) is 45.1 Å². The number of carbonyl (C=O) groups excluding carboxylic acids is 1. The molecule has 32 heavy (non-hydrogen) atoms. The minimum absolute atomic E-state index is 0.0412. The van der Waals surface area contributed by atoms with Gasteiger partial charge in [0.15, 0.2) is 0 Å². The van der Waals surface area contributed by atoms with Crippen LogP contribution >= 0.6 is 0 Å². The minimum Gasteiger partial charge on any atom is -0.458 e. The lowest BCUT2D eigenvalue weighted by molar-refractivity contribution is -0.135. The van der Waals surface area contributed by atoms with Gasteiger partial charge in [0, 0.05) is 24.4 Å². The molecule has 0 radical (unpaired) electrons. The summed E-state index contributed by atoms with van der Waals surface area (Å²) >= 11 is 0. The highest BCUT2D eigenvalue weighted by Crippen LogP contribution is 2.61. The van der Waals surface area contributed by atoms with Crippen LogP contribution in [0.3, 0.4) is 0 Å². The summed E-state index contributed by atoms with van der Waals surface area (Å²) in [5.41, 5.74) is 2.51. The number of aliphatic hydroxyl groups excluding tert-OH is 1. The Labute approximate surface area is 190 Å². The van der Waals surface area contributed by atoms with Gasteiger partial charge in [0.05, 0.1) is 11.7 Å². The van der Waals surface area contributed by atoms with Crippen molar-refractivity contribution in [3.05, 3.63) is 71.6 Å². The fraction of sp³-hybridized carbons (Fsp3) is 0.519. The van der Waals surface area contributed by atoms with Gasteiger partial charge >= 0.3 is 5.97 Å². The Bertz CT molecular complexity index is 937. The SMILES string of the molecule is C=C1CC[C@@H]2[C@](C)(CNCc3ccc(F)cc3)[C@H](O)CC[C@@]2(C)[C@@H]1/C=C/C1=CCOC1=O. The molecule has 0 bridgehead atoms. The van der Waals surface area contributed by atoms with Crippen LogP contribution in [-0.4, -0.2) is 30.3 Å². The predicted molar refractivity (Wildman–Crippen MR) is 123 cm³/mol. The van der Waals surface area contributed by atoms with E-state index < -0.39 is 0 Å². The standard InChI is InChI=1S/C27H34FNO3/c1-18-4-11-23-26(2,22(18)10-7-20-13-15-32-25(20)31)14-12-24(30)27(23,3)17-29-16-19-5-8-21(28)9-6-19/h5-10,13,22-24,29-30H,1,4,11-12,14-17H2,2-3H3/b10-7+/t22-,23+,24-,26+,27+/m1/s1. The first-order valence-electron chi connectivity index (χ1n) is 11.6. The van der Waals surface area contributed by atoms with Crippen molar-refractivity contribution >= 4 is 5.97 Å². The van der Waals surface area contributed by atoms with Crippen molar-refractivity contribution in [2.24, 2.45) is 22.7 Å². The Morgan fingerprint density at radius 3 is 2.72 bits per heavy atom. The second-order valence-corrected chi connectivity index (χ2v) is 10.1. The summed E-state index contributed by atoms with van der Waals surface area (Å²) in [7, 11) is 0. The third-order valence-electron chi connectivity index (χ3n) is 8.18. The number of ether oxygens (including phenoxy) is 1. The molecule has 0 unspecified atom stereocenters. The molecule has 1 aliphatic heterocycles. The zero-order valence-corrected chi connectivity index (χ0v) is 19.1. The van der Waals surface area contributed by atoms with Gasteiger partial charge in [-0.1, -0.05) is 50.3 Å². The van der Waals surface area contributed by atoms with Crippen LogP contribution in [0, 0.1) is 28.5 Å². The van der Waals surface area contributed by atoms with Gasteiger partial charge < -0.3 is 15.2 Å². The van der Waals surface area contributed by atoms with Gasteiger partial charge in [-0.15, -0.1) is 0 Å². The molecular weight excluding hydrogens is 405 g/mol. The highest BCUT2D eigenvalue weighted by atomic mass is 19.1. The Morgan fingerprint density at radius 1 is 1.28 bits per heavy atom. The Morgan fingerprint density at radius 2 is 2.03 bits per heavy atom. The molecule has 5 atom stereocenters. The van der Waals surface area contributed by atoms with Crippen LogP contribution < -0.4 is 5.32 Å². The van der Waals surface area contributed by atoms with Gasteiger partial charge in [-0.25, -0.2) is 9.18 Å². The number of rotatable bonds is 6. The number of aliphatic hydroxyl groups is 1. The molecule has 2 N–H and O–H groups in total. The molecule has 1 aromatic rings. The van der Waals surface area contributed by atoms with Crippen LogP contribution in [0.15, 0.2) is 60.2 Å². The van der Waals surface area contributed by atoms with E-state index in [1.165, 1.54) is 17.7 Å². The maximum Gasteiger partial charge on any atom is 0.338 e. The van der Waals surface area contributed by atoms with E-state index in [0.717, 1.165) is 31.2 Å². The summed E-state index contributed by atoms with van der Waals surface area (Å²) in [6.07, 6.45) is 9.04. The molecule has 0 amide bonds. The van der Waals surface area contributed by atoms with E-state index in [1.807, 2.05) is 12.2 Å². The van der Waals surface area contributed by atoms with Crippen LogP contribution in [0.2, 0.25) is 0 Å². The minimum atomic E-state index is -0.384. The van der Waals surface area contributed by atoms with Gasteiger partial charge in [-0.05, 0) is 60.8 Å². The van der Waals surface area contributed by atoms with Crippen molar-refractivity contribution in [2.75, 3.05) is 13.2 Å². The van der Waals surface area contributed by atoms with E-state index in [9.17, 15) is 14.3 Å². The van der Waals surface area contributed by atoms with Crippen molar-refractivity contribution < 1.29 is 19.0 Å². The molecular formula is C27H34FNO3. The van der Waals surface area contributed by atoms with Gasteiger partial charge in [0.2, 0.25) is 0 Å². The summed E-state index contributed by atoms with van der Waals surface area (Å²) in [5.74, 6) is -0.0378. The van der Waals surface area contributed by atoms with E-state index in [0.29, 0.717) is 31.2 Å². The fourth-order valence-corrected chi connectivity index (χ4v) is 6.31. The second-order valence-electron chi connectivity index (χ2n) is 10.1. The molecule has 1 heterocycles. The molecule has 3 aliphatic rings. The van der Waals surface area contributed by atoms with Crippen LogP contribution in [0.5, 0.6) is 0 Å². The van der Waals surface area contributed by atoms with Gasteiger partial charge in [-0.2, -0.15) is 0 Å². The fourth-order valence-electron chi connectivity index (χ4n) is 6.31. The first-order chi connectivity index (χ1) is 15.2. The van der Waals surface area contributed by atoms with Crippen molar-refractivity contribution in [1.29, 1.82) is 0 Å².